The number of unbranched alkanes of at least 4 members (excludes halogenated alkanes) is 10. The molecule has 1 saturated carbocycles. The molecular formula is C43H74NO11P. The molecule has 1 rings (SSSR count). The molecule has 0 bridgehead atoms. The minimum absolute atomic E-state index is 0.00440. The maximum Gasteiger partial charge on any atom is 0.472 e. The Kier molecular flexibility index (Phi) is 30.9. The Balaban J connectivity index is 2.41. The Labute approximate surface area is 337 Å². The number of ether oxygens (including phenoxy) is 2. The van der Waals surface area contributed by atoms with E-state index in [1.165, 1.54) is 0 Å². The van der Waals surface area contributed by atoms with Crippen molar-refractivity contribution in [2.75, 3.05) is 26.4 Å². The number of hydrogen-bond donors (Lipinski definition) is 4. The molecule has 12 nitrogen and oxygen atoms in total. The van der Waals surface area contributed by atoms with Crippen molar-refractivity contribution in [3.05, 3.63) is 48.6 Å². The van der Waals surface area contributed by atoms with Gasteiger partial charge in [0.05, 0.1) is 25.4 Å². The summed E-state index contributed by atoms with van der Waals surface area (Å²) >= 11 is 0. The number of esters is 2. The van der Waals surface area contributed by atoms with Crippen LogP contribution in [0.25, 0.3) is 0 Å². The summed E-state index contributed by atoms with van der Waals surface area (Å²) in [6.07, 6.45) is 30.5. The van der Waals surface area contributed by atoms with Gasteiger partial charge in [-0.1, -0.05) is 120 Å². The van der Waals surface area contributed by atoms with Crippen LogP contribution in [-0.4, -0.2) is 77.5 Å². The van der Waals surface area contributed by atoms with Crippen LogP contribution >= 0.6 is 7.82 Å². The van der Waals surface area contributed by atoms with Gasteiger partial charge in [0.15, 0.2) is 6.10 Å². The van der Waals surface area contributed by atoms with Gasteiger partial charge in [-0.05, 0) is 63.7 Å². The molecule has 0 aromatic rings. The number of aliphatic hydroxyl groups excluding tert-OH is 2. The topological polar surface area (TPSA) is 192 Å². The highest BCUT2D eigenvalue weighted by Crippen LogP contribution is 2.43. The third-order valence-corrected chi connectivity index (χ3v) is 10.6. The summed E-state index contributed by atoms with van der Waals surface area (Å²) in [6.45, 7) is 3.20. The Bertz CT molecular complexity index is 1220. The van der Waals surface area contributed by atoms with Gasteiger partial charge in [-0.2, -0.15) is 0 Å². The third kappa shape index (κ3) is 27.2. The molecule has 6 atom stereocenters. The summed E-state index contributed by atoms with van der Waals surface area (Å²) in [5, 5.41) is 20.7. The van der Waals surface area contributed by atoms with Crippen molar-refractivity contribution in [1.82, 2.24) is 0 Å². The Morgan fingerprint density at radius 3 is 2.18 bits per heavy atom. The quantitative estimate of drug-likeness (QED) is 0.0207. The molecule has 0 heterocycles. The molecule has 13 heteroatoms. The maximum absolute atomic E-state index is 12.7. The smallest absolute Gasteiger partial charge is 0.462 e. The predicted molar refractivity (Wildman–Crippen MR) is 220 cm³/mol. The number of carbonyl (C=O) groups is 3. The van der Waals surface area contributed by atoms with E-state index in [4.69, 9.17) is 24.3 Å². The number of phosphoric ester groups is 1. The molecule has 0 radical (unpaired) electrons. The summed E-state index contributed by atoms with van der Waals surface area (Å²) in [5.74, 6) is -1.61. The second kappa shape index (κ2) is 33.5. The maximum atomic E-state index is 12.7. The molecule has 1 unspecified atom stereocenters. The van der Waals surface area contributed by atoms with Crippen LogP contribution in [0.1, 0.15) is 149 Å². The largest absolute Gasteiger partial charge is 0.472 e. The van der Waals surface area contributed by atoms with Gasteiger partial charge in [0.25, 0.3) is 0 Å². The zero-order valence-electron chi connectivity index (χ0n) is 34.3. The van der Waals surface area contributed by atoms with E-state index in [0.29, 0.717) is 32.1 Å². The lowest BCUT2D eigenvalue weighted by Gasteiger charge is -2.20. The van der Waals surface area contributed by atoms with E-state index in [2.05, 4.69) is 50.3 Å². The second-order valence-electron chi connectivity index (χ2n) is 14.6. The van der Waals surface area contributed by atoms with Gasteiger partial charge in [0.1, 0.15) is 12.4 Å². The summed E-state index contributed by atoms with van der Waals surface area (Å²) in [6, 6.07) is 0. The standard InChI is InChI=1S/C43H74NO11P/c1-3-5-7-8-9-10-11-12-13-14-15-16-17-18-23-27-42(48)52-34-37(35-54-56(50,51)53-32-31-44)55-43(49)28-24-20-19-22-26-38-39(41(47)33-40(38)46)30-29-36(45)25-21-6-4-2/h5,7,9-10,12-13,29-30,36-40,45-46H,3-4,6,8,11,14-28,31-35,44H2,1-2H3,(H,50,51)/b7-5-,10-9-,13-12-,30-29+/t36-,37+,38+,39+,40-/m0/s1. The number of aliphatic hydroxyl groups is 2. The van der Waals surface area contributed by atoms with Gasteiger partial charge >= 0.3 is 19.8 Å². The highest BCUT2D eigenvalue weighted by molar-refractivity contribution is 7.47. The first-order valence-corrected chi connectivity index (χ1v) is 22.7. The third-order valence-electron chi connectivity index (χ3n) is 9.61. The first-order valence-electron chi connectivity index (χ1n) is 21.2. The average Bonchev–Trinajstić information content (AvgIpc) is 3.44. The van der Waals surface area contributed by atoms with Crippen molar-refractivity contribution in [1.29, 1.82) is 0 Å². The lowest BCUT2D eigenvalue weighted by molar-refractivity contribution is -0.161. The van der Waals surface area contributed by atoms with E-state index in [1.54, 1.807) is 12.2 Å². The number of ketones is 1. The zero-order chi connectivity index (χ0) is 41.3. The lowest BCUT2D eigenvalue weighted by atomic mass is 9.88. The molecule has 1 aliphatic carbocycles. The number of rotatable bonds is 35. The molecule has 0 aromatic carbocycles. The van der Waals surface area contributed by atoms with E-state index in [0.717, 1.165) is 83.5 Å². The number of nitrogens with two attached hydrogens (primary N) is 1. The molecule has 0 saturated heterocycles. The van der Waals surface area contributed by atoms with Crippen LogP contribution in [0.15, 0.2) is 48.6 Å². The van der Waals surface area contributed by atoms with E-state index in [1.807, 2.05) is 0 Å². The van der Waals surface area contributed by atoms with Crippen molar-refractivity contribution in [2.45, 2.75) is 167 Å². The highest BCUT2D eigenvalue weighted by Gasteiger charge is 2.39. The molecule has 0 amide bonds. The van der Waals surface area contributed by atoms with Gasteiger partial charge in [-0.3, -0.25) is 23.4 Å². The van der Waals surface area contributed by atoms with Gasteiger partial charge in [0, 0.05) is 31.7 Å². The fraction of sp³-hybridized carbons (Fsp3) is 0.744. The second-order valence-corrected chi connectivity index (χ2v) is 16.1. The summed E-state index contributed by atoms with van der Waals surface area (Å²) in [4.78, 5) is 47.6. The fourth-order valence-corrected chi connectivity index (χ4v) is 7.20. The van der Waals surface area contributed by atoms with Gasteiger partial charge < -0.3 is 30.3 Å². The van der Waals surface area contributed by atoms with Crippen LogP contribution in [0.2, 0.25) is 0 Å². The number of Topliss-reactive ketones (excluding diaryl/α,β-unsaturated/α-hetero) is 1. The Morgan fingerprint density at radius 1 is 0.839 bits per heavy atom. The van der Waals surface area contributed by atoms with Crippen LogP contribution < -0.4 is 5.73 Å². The first-order chi connectivity index (χ1) is 27.0. The van der Waals surface area contributed by atoms with Crippen LogP contribution in [0.3, 0.4) is 0 Å². The molecule has 5 N–H and O–H groups in total. The lowest BCUT2D eigenvalue weighted by Crippen LogP contribution is -2.29. The van der Waals surface area contributed by atoms with Gasteiger partial charge in [-0.25, -0.2) is 4.57 Å². The molecule has 322 valence electrons. The Hall–Kier alpha value is -2.44. The van der Waals surface area contributed by atoms with Crippen LogP contribution in [0, 0.1) is 11.8 Å². The Morgan fingerprint density at radius 2 is 1.48 bits per heavy atom. The summed E-state index contributed by atoms with van der Waals surface area (Å²) < 4.78 is 32.7. The SMILES string of the molecule is CC/C=C\C/C=C\C/C=C\CCCCCCCC(=O)OC[C@H](COP(=O)(O)OCCN)OC(=O)CCCCCC[C@H]1[C@@H](O)CC(=O)[C@@H]1/C=C/[C@@H](O)CCCCC. The zero-order valence-corrected chi connectivity index (χ0v) is 35.2. The van der Waals surface area contributed by atoms with Gasteiger partial charge in [0.2, 0.25) is 0 Å². The van der Waals surface area contributed by atoms with Crippen molar-refractivity contribution >= 4 is 25.5 Å². The summed E-state index contributed by atoms with van der Waals surface area (Å²) in [7, 11) is -4.45. The average molecular weight is 812 g/mol. The fourth-order valence-electron chi connectivity index (χ4n) is 6.43. The molecule has 0 aromatic heterocycles. The number of phosphoric acid groups is 1. The van der Waals surface area contributed by atoms with E-state index in [9.17, 15) is 34.1 Å². The molecule has 1 aliphatic rings. The van der Waals surface area contributed by atoms with Crippen LogP contribution in [0.4, 0.5) is 0 Å². The molecule has 0 aliphatic heterocycles. The predicted octanol–water partition coefficient (Wildman–Crippen LogP) is 8.53. The minimum Gasteiger partial charge on any atom is -0.462 e. The van der Waals surface area contributed by atoms with Crippen molar-refractivity contribution in [3.63, 3.8) is 0 Å². The minimum atomic E-state index is -4.45. The number of hydrogen-bond acceptors (Lipinski definition) is 11. The van der Waals surface area contributed by atoms with Crippen molar-refractivity contribution in [2.24, 2.45) is 17.6 Å². The van der Waals surface area contributed by atoms with E-state index in [-0.39, 0.29) is 50.7 Å². The van der Waals surface area contributed by atoms with Crippen molar-refractivity contribution in [3.8, 4) is 0 Å². The van der Waals surface area contributed by atoms with E-state index < -0.39 is 50.6 Å². The van der Waals surface area contributed by atoms with Crippen LogP contribution in [0.5, 0.6) is 0 Å². The molecule has 1 fully saturated rings. The molecule has 56 heavy (non-hydrogen) atoms. The van der Waals surface area contributed by atoms with Crippen LogP contribution in [-0.2, 0) is 37.5 Å². The van der Waals surface area contributed by atoms with Gasteiger partial charge in [-0.15, -0.1) is 0 Å². The molecular weight excluding hydrogens is 737 g/mol. The highest BCUT2D eigenvalue weighted by atomic mass is 31.2. The number of allylic oxidation sites excluding steroid dienone is 7. The van der Waals surface area contributed by atoms with Crippen molar-refractivity contribution < 1.29 is 52.6 Å². The van der Waals surface area contributed by atoms with E-state index >= 15 is 0 Å². The normalized spacial score (nSPS) is 19.8. The molecule has 0 spiro atoms. The monoisotopic (exact) mass is 811 g/mol. The number of carbonyl (C=O) groups excluding carboxylic acids is 3. The first kappa shape index (κ1) is 51.6. The summed E-state index contributed by atoms with van der Waals surface area (Å²) in [5.41, 5.74) is 5.34.